The molecule has 0 radical (unpaired) electrons. The van der Waals surface area contributed by atoms with Crippen LogP contribution in [0, 0.1) is 0 Å². The van der Waals surface area contributed by atoms with Crippen molar-refractivity contribution in [2.75, 3.05) is 0 Å². The van der Waals surface area contributed by atoms with Crippen LogP contribution in [0.5, 0.6) is 0 Å². The van der Waals surface area contributed by atoms with E-state index in [0.29, 0.717) is 6.42 Å². The maximum absolute atomic E-state index is 11.2. The highest BCUT2D eigenvalue weighted by atomic mass is 17.2. The Morgan fingerprint density at radius 2 is 1.62 bits per heavy atom. The predicted octanol–water partition coefficient (Wildman–Crippen LogP) is 2.49. The van der Waals surface area contributed by atoms with Crippen molar-refractivity contribution in [1.29, 1.82) is 0 Å². The Balaban J connectivity index is 4.22. The highest BCUT2D eigenvalue weighted by molar-refractivity contribution is 5.84. The molecule has 13 heavy (non-hydrogen) atoms. The van der Waals surface area contributed by atoms with Crippen LogP contribution < -0.4 is 0 Å². The molecule has 0 aromatic carbocycles. The fraction of sp³-hybridized carbons (Fsp3) is 0.900. The van der Waals surface area contributed by atoms with Gasteiger partial charge < -0.3 is 0 Å². The van der Waals surface area contributed by atoms with Gasteiger partial charge in [0.05, 0.1) is 5.60 Å². The van der Waals surface area contributed by atoms with Crippen LogP contribution in [0.4, 0.5) is 0 Å². The summed E-state index contributed by atoms with van der Waals surface area (Å²) in [6, 6.07) is 0. The average molecular weight is 188 g/mol. The number of hydrogen-bond donors (Lipinski definition) is 0. The number of Topliss-reactive ketones (excluding diaryl/α,β-unsaturated/α-hetero) is 1. The molecular formula is C10H20O3. The number of ketones is 1. The topological polar surface area (TPSA) is 35.5 Å². The fourth-order valence-corrected chi connectivity index (χ4v) is 0.584. The lowest BCUT2D eigenvalue weighted by molar-refractivity contribution is -0.390. The molecule has 1 unspecified atom stereocenters. The van der Waals surface area contributed by atoms with E-state index in [2.05, 4.69) is 0 Å². The molecule has 0 aliphatic heterocycles. The van der Waals surface area contributed by atoms with Gasteiger partial charge in [-0.25, -0.2) is 9.78 Å². The largest absolute Gasteiger partial charge is 0.297 e. The molecule has 0 amide bonds. The zero-order valence-electron chi connectivity index (χ0n) is 9.43. The molecule has 1 atom stereocenters. The second kappa shape index (κ2) is 4.20. The van der Waals surface area contributed by atoms with E-state index < -0.39 is 5.60 Å². The van der Waals surface area contributed by atoms with Crippen molar-refractivity contribution >= 4 is 5.78 Å². The minimum absolute atomic E-state index is 0.0146. The van der Waals surface area contributed by atoms with Gasteiger partial charge in [0.1, 0.15) is 0 Å². The maximum atomic E-state index is 11.2. The third-order valence-corrected chi connectivity index (χ3v) is 1.89. The Morgan fingerprint density at radius 3 is 1.85 bits per heavy atom. The molecule has 0 aliphatic carbocycles. The van der Waals surface area contributed by atoms with Crippen molar-refractivity contribution in [3.63, 3.8) is 0 Å². The summed E-state index contributed by atoms with van der Waals surface area (Å²) >= 11 is 0. The van der Waals surface area contributed by atoms with E-state index in [9.17, 15) is 4.79 Å². The summed E-state index contributed by atoms with van der Waals surface area (Å²) in [4.78, 5) is 21.5. The van der Waals surface area contributed by atoms with Crippen molar-refractivity contribution in [2.45, 2.75) is 59.2 Å². The smallest absolute Gasteiger partial charge is 0.164 e. The Bertz CT molecular complexity index is 181. The van der Waals surface area contributed by atoms with Gasteiger partial charge in [-0.2, -0.15) is 0 Å². The first-order valence-corrected chi connectivity index (χ1v) is 4.59. The van der Waals surface area contributed by atoms with Gasteiger partial charge in [0.2, 0.25) is 0 Å². The summed E-state index contributed by atoms with van der Waals surface area (Å²) in [5.41, 5.74) is -1.20. The van der Waals surface area contributed by atoms with E-state index in [1.165, 1.54) is 6.92 Å². The minimum atomic E-state index is -0.812. The second-order valence-electron chi connectivity index (χ2n) is 4.42. The Kier molecular flexibility index (Phi) is 4.07. The Morgan fingerprint density at radius 1 is 1.15 bits per heavy atom. The van der Waals surface area contributed by atoms with Crippen LogP contribution in [0.2, 0.25) is 0 Å². The Hall–Kier alpha value is -0.410. The summed E-state index contributed by atoms with van der Waals surface area (Å²) in [6.07, 6.45) is 0.610. The highest BCUT2D eigenvalue weighted by Crippen LogP contribution is 2.20. The number of rotatable bonds is 4. The van der Waals surface area contributed by atoms with Crippen LogP contribution in [0.1, 0.15) is 48.0 Å². The van der Waals surface area contributed by atoms with Crippen LogP contribution in [-0.2, 0) is 14.6 Å². The van der Waals surface area contributed by atoms with E-state index in [4.69, 9.17) is 9.78 Å². The van der Waals surface area contributed by atoms with Crippen LogP contribution in [0.15, 0.2) is 0 Å². The van der Waals surface area contributed by atoms with Crippen LogP contribution in [-0.4, -0.2) is 17.0 Å². The van der Waals surface area contributed by atoms with Gasteiger partial charge >= 0.3 is 0 Å². The molecule has 3 heteroatoms. The van der Waals surface area contributed by atoms with Crippen molar-refractivity contribution in [2.24, 2.45) is 0 Å². The number of carbonyl (C=O) groups excluding carboxylic acids is 1. The van der Waals surface area contributed by atoms with Crippen molar-refractivity contribution in [1.82, 2.24) is 0 Å². The predicted molar refractivity (Wildman–Crippen MR) is 51.3 cm³/mol. The molecule has 0 spiro atoms. The second-order valence-corrected chi connectivity index (χ2v) is 4.42. The summed E-state index contributed by atoms with van der Waals surface area (Å²) in [5.74, 6) is -0.0146. The lowest BCUT2D eigenvalue weighted by Gasteiger charge is -2.28. The van der Waals surface area contributed by atoms with Gasteiger partial charge in [0.25, 0.3) is 0 Å². The zero-order valence-corrected chi connectivity index (χ0v) is 9.43. The molecule has 0 fully saturated rings. The quantitative estimate of drug-likeness (QED) is 0.502. The molecular weight excluding hydrogens is 168 g/mol. The van der Waals surface area contributed by atoms with E-state index in [1.807, 2.05) is 27.7 Å². The van der Waals surface area contributed by atoms with E-state index in [-0.39, 0.29) is 11.4 Å². The molecule has 0 saturated heterocycles. The lowest BCUT2D eigenvalue weighted by atomic mass is 9.99. The highest BCUT2D eigenvalue weighted by Gasteiger charge is 2.32. The normalized spacial score (nSPS) is 16.8. The average Bonchev–Trinajstić information content (AvgIpc) is 1.98. The third-order valence-electron chi connectivity index (χ3n) is 1.89. The van der Waals surface area contributed by atoms with Gasteiger partial charge in [0.15, 0.2) is 11.4 Å². The third kappa shape index (κ3) is 4.39. The fourth-order valence-electron chi connectivity index (χ4n) is 0.584. The van der Waals surface area contributed by atoms with Gasteiger partial charge in [0, 0.05) is 0 Å². The number of carbonyl (C=O) groups is 1. The SMILES string of the molecule is CCC(C)(OOC(C)(C)C)C(C)=O. The first-order valence-electron chi connectivity index (χ1n) is 4.59. The molecule has 3 nitrogen and oxygen atoms in total. The van der Waals surface area contributed by atoms with Crippen LogP contribution in [0.25, 0.3) is 0 Å². The van der Waals surface area contributed by atoms with Gasteiger partial charge in [-0.3, -0.25) is 4.79 Å². The zero-order chi connectivity index (χ0) is 10.7. The molecule has 0 aromatic heterocycles. The molecule has 0 heterocycles. The van der Waals surface area contributed by atoms with E-state index in [1.54, 1.807) is 6.92 Å². The van der Waals surface area contributed by atoms with Gasteiger partial charge in [-0.15, -0.1) is 0 Å². The standard InChI is InChI=1S/C10H20O3/c1-7-10(6,8(2)11)13-12-9(3,4)5/h7H2,1-6H3. The van der Waals surface area contributed by atoms with Crippen molar-refractivity contribution < 1.29 is 14.6 Å². The van der Waals surface area contributed by atoms with Crippen LogP contribution in [0.3, 0.4) is 0 Å². The van der Waals surface area contributed by atoms with Gasteiger partial charge in [-0.1, -0.05) is 6.92 Å². The monoisotopic (exact) mass is 188 g/mol. The summed E-state index contributed by atoms with van der Waals surface area (Å²) in [7, 11) is 0. The summed E-state index contributed by atoms with van der Waals surface area (Å²) in [5, 5.41) is 0. The molecule has 0 aliphatic rings. The first kappa shape index (κ1) is 12.6. The first-order chi connectivity index (χ1) is 5.71. The lowest BCUT2D eigenvalue weighted by Crippen LogP contribution is -2.38. The summed E-state index contributed by atoms with van der Waals surface area (Å²) < 4.78 is 0. The molecule has 0 N–H and O–H groups in total. The van der Waals surface area contributed by atoms with E-state index in [0.717, 1.165) is 0 Å². The maximum Gasteiger partial charge on any atom is 0.164 e. The van der Waals surface area contributed by atoms with Crippen molar-refractivity contribution in [3.05, 3.63) is 0 Å². The molecule has 0 aromatic rings. The molecule has 78 valence electrons. The number of hydrogen-bond acceptors (Lipinski definition) is 3. The summed E-state index contributed by atoms with van der Waals surface area (Å²) in [6.45, 7) is 10.8. The van der Waals surface area contributed by atoms with E-state index >= 15 is 0 Å². The van der Waals surface area contributed by atoms with Crippen LogP contribution >= 0.6 is 0 Å². The molecule has 0 rings (SSSR count). The Labute approximate surface area is 80.3 Å². The minimum Gasteiger partial charge on any atom is -0.297 e. The van der Waals surface area contributed by atoms with Crippen molar-refractivity contribution in [3.8, 4) is 0 Å². The molecule has 0 bridgehead atoms. The molecule has 0 saturated carbocycles. The van der Waals surface area contributed by atoms with Gasteiger partial charge in [-0.05, 0) is 41.0 Å².